The van der Waals surface area contributed by atoms with Gasteiger partial charge in [0.1, 0.15) is 0 Å². The van der Waals surface area contributed by atoms with Crippen molar-refractivity contribution in [2.45, 2.75) is 38.8 Å². The fourth-order valence-corrected chi connectivity index (χ4v) is 1.83. The second-order valence-corrected chi connectivity index (χ2v) is 4.40. The van der Waals surface area contributed by atoms with Gasteiger partial charge in [-0.15, -0.1) is 0 Å². The monoisotopic (exact) mass is 260 g/mol. The van der Waals surface area contributed by atoms with E-state index in [4.69, 9.17) is 0 Å². The third kappa shape index (κ3) is 4.29. The molecular weight excluding hydrogens is 241 g/mol. The SMILES string of the molecule is CCCNCCC(C)c1cnccc1C(F)(F)F. The summed E-state index contributed by atoms with van der Waals surface area (Å²) >= 11 is 0. The molecular formula is C13H19F3N2. The molecule has 0 bridgehead atoms. The second-order valence-electron chi connectivity index (χ2n) is 4.40. The molecule has 1 unspecified atom stereocenters. The highest BCUT2D eigenvalue weighted by atomic mass is 19.4. The highest BCUT2D eigenvalue weighted by Crippen LogP contribution is 2.35. The maximum Gasteiger partial charge on any atom is 0.416 e. The van der Waals surface area contributed by atoms with E-state index in [0.29, 0.717) is 6.42 Å². The predicted octanol–water partition coefficient (Wildman–Crippen LogP) is 3.59. The predicted molar refractivity (Wildman–Crippen MR) is 65.4 cm³/mol. The first-order valence-electron chi connectivity index (χ1n) is 6.18. The zero-order valence-corrected chi connectivity index (χ0v) is 10.7. The molecule has 1 rings (SSSR count). The normalized spacial score (nSPS) is 13.6. The lowest BCUT2D eigenvalue weighted by atomic mass is 9.94. The summed E-state index contributed by atoms with van der Waals surface area (Å²) in [6.45, 7) is 5.48. The zero-order valence-electron chi connectivity index (χ0n) is 10.7. The molecule has 0 aliphatic carbocycles. The minimum absolute atomic E-state index is 0.153. The summed E-state index contributed by atoms with van der Waals surface area (Å²) in [4.78, 5) is 3.80. The highest BCUT2D eigenvalue weighted by Gasteiger charge is 2.34. The quantitative estimate of drug-likeness (QED) is 0.791. The van der Waals surface area contributed by atoms with Gasteiger partial charge in [-0.3, -0.25) is 4.98 Å². The van der Waals surface area contributed by atoms with E-state index >= 15 is 0 Å². The molecule has 1 aromatic heterocycles. The van der Waals surface area contributed by atoms with Gasteiger partial charge in [0, 0.05) is 12.4 Å². The average Bonchev–Trinajstić information content (AvgIpc) is 2.33. The Hall–Kier alpha value is -1.10. The van der Waals surface area contributed by atoms with E-state index in [2.05, 4.69) is 17.2 Å². The van der Waals surface area contributed by atoms with Gasteiger partial charge in [-0.25, -0.2) is 0 Å². The van der Waals surface area contributed by atoms with Crippen LogP contribution in [0.2, 0.25) is 0 Å². The van der Waals surface area contributed by atoms with Crippen molar-refractivity contribution in [1.29, 1.82) is 0 Å². The van der Waals surface area contributed by atoms with Crippen LogP contribution in [0.1, 0.15) is 43.7 Å². The van der Waals surface area contributed by atoms with Crippen LogP contribution >= 0.6 is 0 Å². The minimum atomic E-state index is -4.30. The van der Waals surface area contributed by atoms with Crippen LogP contribution in [0.4, 0.5) is 13.2 Å². The molecule has 1 heterocycles. The van der Waals surface area contributed by atoms with E-state index in [1.165, 1.54) is 12.4 Å². The van der Waals surface area contributed by atoms with Crippen molar-refractivity contribution in [3.05, 3.63) is 29.6 Å². The average molecular weight is 260 g/mol. The molecule has 0 saturated carbocycles. The van der Waals surface area contributed by atoms with Crippen molar-refractivity contribution >= 4 is 0 Å². The fraction of sp³-hybridized carbons (Fsp3) is 0.615. The van der Waals surface area contributed by atoms with Gasteiger partial charge in [0.05, 0.1) is 5.56 Å². The van der Waals surface area contributed by atoms with Gasteiger partial charge in [0.15, 0.2) is 0 Å². The molecule has 1 N–H and O–H groups in total. The molecule has 0 aliphatic rings. The van der Waals surface area contributed by atoms with E-state index in [0.717, 1.165) is 25.6 Å². The molecule has 1 atom stereocenters. The molecule has 5 heteroatoms. The van der Waals surface area contributed by atoms with Crippen LogP contribution < -0.4 is 5.32 Å². The molecule has 0 radical (unpaired) electrons. The number of aromatic nitrogens is 1. The van der Waals surface area contributed by atoms with Crippen LogP contribution in [-0.4, -0.2) is 18.1 Å². The van der Waals surface area contributed by atoms with Crippen molar-refractivity contribution in [3.63, 3.8) is 0 Å². The molecule has 0 aromatic carbocycles. The van der Waals surface area contributed by atoms with Crippen LogP contribution in [0.25, 0.3) is 0 Å². The molecule has 0 aliphatic heterocycles. The molecule has 102 valence electrons. The Morgan fingerprint density at radius 3 is 2.67 bits per heavy atom. The molecule has 18 heavy (non-hydrogen) atoms. The zero-order chi connectivity index (χ0) is 13.6. The first-order valence-corrected chi connectivity index (χ1v) is 6.18. The lowest BCUT2D eigenvalue weighted by Crippen LogP contribution is -2.19. The first kappa shape index (κ1) is 15.0. The Morgan fingerprint density at radius 1 is 1.33 bits per heavy atom. The summed E-state index contributed by atoms with van der Waals surface area (Å²) in [6.07, 6.45) is -0.0884. The summed E-state index contributed by atoms with van der Waals surface area (Å²) in [5, 5.41) is 3.19. The summed E-state index contributed by atoms with van der Waals surface area (Å²) in [6, 6.07) is 1.05. The number of nitrogens with one attached hydrogen (secondary N) is 1. The van der Waals surface area contributed by atoms with Gasteiger partial charge in [-0.1, -0.05) is 13.8 Å². The summed E-state index contributed by atoms with van der Waals surface area (Å²) < 4.78 is 38.4. The van der Waals surface area contributed by atoms with E-state index in [-0.39, 0.29) is 11.5 Å². The van der Waals surface area contributed by atoms with E-state index in [9.17, 15) is 13.2 Å². The van der Waals surface area contributed by atoms with E-state index in [1.54, 1.807) is 6.92 Å². The number of alkyl halides is 3. The number of halogens is 3. The standard InChI is InChI=1S/C13H19F3N2/c1-3-6-17-7-4-10(2)11-9-18-8-5-12(11)13(14,15)16/h5,8-10,17H,3-4,6-7H2,1-2H3. The Kier molecular flexibility index (Phi) is 5.59. The van der Waals surface area contributed by atoms with Gasteiger partial charge >= 0.3 is 6.18 Å². The van der Waals surface area contributed by atoms with Crippen LogP contribution in [0.15, 0.2) is 18.5 Å². The molecule has 0 amide bonds. The minimum Gasteiger partial charge on any atom is -0.317 e. The Balaban J connectivity index is 2.70. The molecule has 0 fully saturated rings. The number of hydrogen-bond donors (Lipinski definition) is 1. The number of pyridine rings is 1. The third-order valence-corrected chi connectivity index (χ3v) is 2.87. The lowest BCUT2D eigenvalue weighted by Gasteiger charge is -2.17. The number of hydrogen-bond acceptors (Lipinski definition) is 2. The number of nitrogens with zero attached hydrogens (tertiary/aromatic N) is 1. The van der Waals surface area contributed by atoms with Gasteiger partial charge in [-0.2, -0.15) is 13.2 Å². The van der Waals surface area contributed by atoms with Gasteiger partial charge in [0.25, 0.3) is 0 Å². The van der Waals surface area contributed by atoms with Crippen molar-refractivity contribution in [2.75, 3.05) is 13.1 Å². The fourth-order valence-electron chi connectivity index (χ4n) is 1.83. The van der Waals surface area contributed by atoms with Crippen molar-refractivity contribution in [3.8, 4) is 0 Å². The second kappa shape index (κ2) is 6.73. The summed E-state index contributed by atoms with van der Waals surface area (Å²) in [7, 11) is 0. The Bertz CT molecular complexity index is 363. The summed E-state index contributed by atoms with van der Waals surface area (Å²) in [5.74, 6) is -0.153. The van der Waals surface area contributed by atoms with E-state index < -0.39 is 11.7 Å². The first-order chi connectivity index (χ1) is 8.46. The largest absolute Gasteiger partial charge is 0.416 e. The van der Waals surface area contributed by atoms with E-state index in [1.807, 2.05) is 0 Å². The van der Waals surface area contributed by atoms with Crippen LogP contribution in [-0.2, 0) is 6.18 Å². The van der Waals surface area contributed by atoms with Crippen LogP contribution in [0, 0.1) is 0 Å². The number of rotatable bonds is 6. The van der Waals surface area contributed by atoms with Crippen molar-refractivity contribution in [1.82, 2.24) is 10.3 Å². The molecule has 0 spiro atoms. The van der Waals surface area contributed by atoms with Gasteiger partial charge in [-0.05, 0) is 43.5 Å². The maximum atomic E-state index is 12.8. The maximum absolute atomic E-state index is 12.8. The van der Waals surface area contributed by atoms with Gasteiger partial charge in [0.2, 0.25) is 0 Å². The Labute approximate surface area is 106 Å². The van der Waals surface area contributed by atoms with Gasteiger partial charge < -0.3 is 5.32 Å². The molecule has 1 aromatic rings. The molecule has 2 nitrogen and oxygen atoms in total. The smallest absolute Gasteiger partial charge is 0.317 e. The van der Waals surface area contributed by atoms with Crippen molar-refractivity contribution < 1.29 is 13.2 Å². The topological polar surface area (TPSA) is 24.9 Å². The summed E-state index contributed by atoms with van der Waals surface area (Å²) in [5.41, 5.74) is -0.288. The highest BCUT2D eigenvalue weighted by molar-refractivity contribution is 5.29. The van der Waals surface area contributed by atoms with Crippen molar-refractivity contribution in [2.24, 2.45) is 0 Å². The lowest BCUT2D eigenvalue weighted by molar-refractivity contribution is -0.138. The van der Waals surface area contributed by atoms with Crippen LogP contribution in [0.5, 0.6) is 0 Å². The third-order valence-electron chi connectivity index (χ3n) is 2.87. The van der Waals surface area contributed by atoms with Crippen LogP contribution in [0.3, 0.4) is 0 Å². The Morgan fingerprint density at radius 2 is 2.06 bits per heavy atom. The molecule has 0 saturated heterocycles.